The van der Waals surface area contributed by atoms with E-state index in [2.05, 4.69) is 10.4 Å². The fourth-order valence-corrected chi connectivity index (χ4v) is 1.63. The summed E-state index contributed by atoms with van der Waals surface area (Å²) >= 11 is 0. The predicted molar refractivity (Wildman–Crippen MR) is 69.1 cm³/mol. The van der Waals surface area contributed by atoms with Gasteiger partial charge in [0.2, 0.25) is 0 Å². The SMILES string of the molecule is Cc1cc(NC(=O)Oc2ccccc2)nn1CC(F)(F)F. The van der Waals surface area contributed by atoms with E-state index in [1.165, 1.54) is 13.0 Å². The van der Waals surface area contributed by atoms with Gasteiger partial charge >= 0.3 is 12.3 Å². The van der Waals surface area contributed by atoms with Gasteiger partial charge in [-0.05, 0) is 19.1 Å². The van der Waals surface area contributed by atoms with Crippen LogP contribution in [0.3, 0.4) is 0 Å². The summed E-state index contributed by atoms with van der Waals surface area (Å²) in [6.45, 7) is 0.251. The number of rotatable bonds is 3. The molecule has 0 spiro atoms. The minimum atomic E-state index is -4.38. The van der Waals surface area contributed by atoms with E-state index in [4.69, 9.17) is 4.74 Å². The number of carbonyl (C=O) groups is 1. The van der Waals surface area contributed by atoms with E-state index in [1.54, 1.807) is 30.3 Å². The molecule has 0 saturated carbocycles. The van der Waals surface area contributed by atoms with Crippen LogP contribution in [0.25, 0.3) is 0 Å². The molecule has 112 valence electrons. The van der Waals surface area contributed by atoms with Crippen molar-refractivity contribution in [2.75, 3.05) is 5.32 Å². The molecule has 0 unspecified atom stereocenters. The van der Waals surface area contributed by atoms with Gasteiger partial charge in [-0.3, -0.25) is 10.00 Å². The number of benzene rings is 1. The van der Waals surface area contributed by atoms with Gasteiger partial charge in [0.1, 0.15) is 12.3 Å². The number of aromatic nitrogens is 2. The zero-order valence-electron chi connectivity index (χ0n) is 11.0. The van der Waals surface area contributed by atoms with E-state index in [9.17, 15) is 18.0 Å². The van der Waals surface area contributed by atoms with Gasteiger partial charge in [-0.1, -0.05) is 18.2 Å². The molecule has 5 nitrogen and oxygen atoms in total. The first-order valence-electron chi connectivity index (χ1n) is 5.98. The number of para-hydroxylation sites is 1. The number of alkyl halides is 3. The van der Waals surface area contributed by atoms with Gasteiger partial charge in [-0.15, -0.1) is 0 Å². The maximum absolute atomic E-state index is 12.3. The van der Waals surface area contributed by atoms with Crippen LogP contribution in [0.4, 0.5) is 23.8 Å². The third kappa shape index (κ3) is 4.51. The molecular weight excluding hydrogens is 287 g/mol. The van der Waals surface area contributed by atoms with Crippen LogP contribution in [0.1, 0.15) is 5.69 Å². The number of nitrogens with one attached hydrogen (secondary N) is 1. The molecule has 2 aromatic rings. The average molecular weight is 299 g/mol. The molecule has 0 atom stereocenters. The lowest BCUT2D eigenvalue weighted by Crippen LogP contribution is -2.20. The Bertz CT molecular complexity index is 623. The van der Waals surface area contributed by atoms with Gasteiger partial charge in [0.25, 0.3) is 0 Å². The zero-order valence-corrected chi connectivity index (χ0v) is 11.0. The lowest BCUT2D eigenvalue weighted by Gasteiger charge is -2.07. The normalized spacial score (nSPS) is 11.2. The summed E-state index contributed by atoms with van der Waals surface area (Å²) in [5.74, 6) is 0.319. The minimum absolute atomic E-state index is 0.00215. The highest BCUT2D eigenvalue weighted by molar-refractivity contribution is 5.85. The van der Waals surface area contributed by atoms with Crippen LogP contribution in [0.2, 0.25) is 0 Å². The largest absolute Gasteiger partial charge is 0.418 e. The van der Waals surface area contributed by atoms with Crippen LogP contribution in [-0.4, -0.2) is 22.1 Å². The minimum Gasteiger partial charge on any atom is -0.410 e. The molecule has 1 aromatic carbocycles. The number of hydrogen-bond donors (Lipinski definition) is 1. The Morgan fingerprint density at radius 2 is 2.00 bits per heavy atom. The van der Waals surface area contributed by atoms with Crippen LogP contribution < -0.4 is 10.1 Å². The van der Waals surface area contributed by atoms with Crippen molar-refractivity contribution in [2.24, 2.45) is 0 Å². The molecule has 1 aromatic heterocycles. The Kier molecular flexibility index (Phi) is 4.15. The van der Waals surface area contributed by atoms with Crippen LogP contribution in [0, 0.1) is 6.92 Å². The highest BCUT2D eigenvalue weighted by atomic mass is 19.4. The first-order chi connectivity index (χ1) is 9.83. The van der Waals surface area contributed by atoms with Crippen molar-refractivity contribution < 1.29 is 22.7 Å². The van der Waals surface area contributed by atoms with Crippen molar-refractivity contribution >= 4 is 11.9 Å². The number of halogens is 3. The topological polar surface area (TPSA) is 56.1 Å². The Balaban J connectivity index is 2.00. The van der Waals surface area contributed by atoms with E-state index >= 15 is 0 Å². The number of ether oxygens (including phenoxy) is 1. The lowest BCUT2D eigenvalue weighted by molar-refractivity contribution is -0.142. The highest BCUT2D eigenvalue weighted by Crippen LogP contribution is 2.19. The quantitative estimate of drug-likeness (QED) is 0.945. The highest BCUT2D eigenvalue weighted by Gasteiger charge is 2.29. The Hall–Kier alpha value is -2.51. The van der Waals surface area contributed by atoms with Gasteiger partial charge in [0.15, 0.2) is 5.82 Å². The van der Waals surface area contributed by atoms with Crippen molar-refractivity contribution in [3.8, 4) is 5.75 Å². The van der Waals surface area contributed by atoms with Crippen molar-refractivity contribution in [2.45, 2.75) is 19.6 Å². The van der Waals surface area contributed by atoms with E-state index in [1.807, 2.05) is 0 Å². The molecule has 0 bridgehead atoms. The summed E-state index contributed by atoms with van der Waals surface area (Å²) in [5, 5.41) is 5.94. The molecule has 0 saturated heterocycles. The van der Waals surface area contributed by atoms with Gasteiger partial charge in [0.05, 0.1) is 0 Å². The summed E-state index contributed by atoms with van der Waals surface area (Å²) in [4.78, 5) is 11.6. The molecule has 0 aliphatic rings. The molecule has 1 amide bonds. The number of aryl methyl sites for hydroxylation is 1. The van der Waals surface area contributed by atoms with E-state index in [-0.39, 0.29) is 11.5 Å². The van der Waals surface area contributed by atoms with E-state index in [0.29, 0.717) is 5.75 Å². The molecule has 0 fully saturated rings. The molecule has 1 N–H and O–H groups in total. The van der Waals surface area contributed by atoms with E-state index in [0.717, 1.165) is 4.68 Å². The third-order valence-corrected chi connectivity index (χ3v) is 2.49. The first kappa shape index (κ1) is 14.9. The zero-order chi connectivity index (χ0) is 15.5. The standard InChI is InChI=1S/C13H12F3N3O2/c1-9-7-11(18-19(9)8-13(14,15)16)17-12(20)21-10-5-3-2-4-6-10/h2-7H,8H2,1H3,(H,17,18,20). The first-order valence-corrected chi connectivity index (χ1v) is 5.98. The Morgan fingerprint density at radius 3 is 2.62 bits per heavy atom. The Morgan fingerprint density at radius 1 is 1.33 bits per heavy atom. The fourth-order valence-electron chi connectivity index (χ4n) is 1.63. The van der Waals surface area contributed by atoms with Crippen LogP contribution in [0.5, 0.6) is 5.75 Å². The summed E-state index contributed by atoms with van der Waals surface area (Å²) < 4.78 is 42.6. The molecule has 21 heavy (non-hydrogen) atoms. The Labute approximate surface area is 118 Å². The van der Waals surface area contributed by atoms with Gasteiger partial charge in [-0.2, -0.15) is 18.3 Å². The van der Waals surface area contributed by atoms with Crippen molar-refractivity contribution in [3.05, 3.63) is 42.1 Å². The molecule has 0 radical (unpaired) electrons. The maximum Gasteiger partial charge on any atom is 0.418 e. The molecule has 8 heteroatoms. The van der Waals surface area contributed by atoms with Crippen LogP contribution >= 0.6 is 0 Å². The molecule has 0 aliphatic carbocycles. The summed E-state index contributed by atoms with van der Waals surface area (Å²) in [6.07, 6.45) is -5.20. The molecular formula is C13H12F3N3O2. The van der Waals surface area contributed by atoms with Crippen LogP contribution in [0.15, 0.2) is 36.4 Å². The van der Waals surface area contributed by atoms with Crippen molar-refractivity contribution in [1.82, 2.24) is 9.78 Å². The molecule has 1 heterocycles. The second-order valence-corrected chi connectivity index (χ2v) is 4.27. The second-order valence-electron chi connectivity index (χ2n) is 4.27. The second kappa shape index (κ2) is 5.86. The summed E-state index contributed by atoms with van der Waals surface area (Å²) in [6, 6.07) is 9.61. The van der Waals surface area contributed by atoms with Gasteiger partial charge < -0.3 is 4.74 Å². The van der Waals surface area contributed by atoms with Crippen molar-refractivity contribution in [1.29, 1.82) is 0 Å². The third-order valence-electron chi connectivity index (χ3n) is 2.49. The van der Waals surface area contributed by atoms with Gasteiger partial charge in [-0.25, -0.2) is 4.79 Å². The monoisotopic (exact) mass is 299 g/mol. The summed E-state index contributed by atoms with van der Waals surface area (Å²) in [7, 11) is 0. The fraction of sp³-hybridized carbons (Fsp3) is 0.231. The lowest BCUT2D eigenvalue weighted by atomic mass is 10.3. The predicted octanol–water partition coefficient (Wildman–Crippen LogP) is 3.36. The maximum atomic E-state index is 12.3. The smallest absolute Gasteiger partial charge is 0.410 e. The summed E-state index contributed by atoms with van der Waals surface area (Å²) in [5.41, 5.74) is 0.280. The number of carbonyl (C=O) groups excluding carboxylic acids is 1. The van der Waals surface area contributed by atoms with Crippen molar-refractivity contribution in [3.63, 3.8) is 0 Å². The van der Waals surface area contributed by atoms with Crippen LogP contribution in [-0.2, 0) is 6.54 Å². The molecule has 0 aliphatic heterocycles. The number of nitrogens with zero attached hydrogens (tertiary/aromatic N) is 2. The number of anilines is 1. The average Bonchev–Trinajstić information content (AvgIpc) is 2.68. The number of amides is 1. The van der Waals surface area contributed by atoms with Gasteiger partial charge in [0, 0.05) is 11.8 Å². The van der Waals surface area contributed by atoms with E-state index < -0.39 is 18.8 Å². The molecule has 2 rings (SSSR count). The number of hydrogen-bond acceptors (Lipinski definition) is 3.